The number of fused-ring (bicyclic) bond motifs is 1. The van der Waals surface area contributed by atoms with Crippen molar-refractivity contribution in [3.05, 3.63) is 41.8 Å². The highest BCUT2D eigenvalue weighted by Crippen LogP contribution is 2.32. The van der Waals surface area contributed by atoms with Crippen LogP contribution in [0.15, 0.2) is 34.7 Å². The lowest BCUT2D eigenvalue weighted by atomic mass is 9.83. The van der Waals surface area contributed by atoms with Crippen molar-refractivity contribution in [2.75, 3.05) is 6.54 Å². The average molecular weight is 326 g/mol. The summed E-state index contributed by atoms with van der Waals surface area (Å²) in [7, 11) is 0. The smallest absolute Gasteiger partial charge is 0.254 e. The average Bonchev–Trinajstić information content (AvgIpc) is 3.05. The lowest BCUT2D eigenvalue weighted by Crippen LogP contribution is -2.51. The number of aliphatic hydroxyl groups is 1. The lowest BCUT2D eigenvalue weighted by Gasteiger charge is -2.36. The van der Waals surface area contributed by atoms with E-state index >= 15 is 0 Å². The Morgan fingerprint density at radius 3 is 2.67 bits per heavy atom. The number of amides is 1. The highest BCUT2D eigenvalue weighted by Gasteiger charge is 2.41. The Hall–Kier alpha value is -2.14. The number of carbonyl (C=O) groups is 1. The van der Waals surface area contributed by atoms with Gasteiger partial charge in [-0.25, -0.2) is 4.98 Å². The molecule has 1 aliphatic heterocycles. The molecule has 0 bridgehead atoms. The van der Waals surface area contributed by atoms with E-state index in [9.17, 15) is 9.90 Å². The van der Waals surface area contributed by atoms with Gasteiger partial charge in [0, 0.05) is 18.5 Å². The summed E-state index contributed by atoms with van der Waals surface area (Å²) in [5, 5.41) is 10.7. The van der Waals surface area contributed by atoms with Crippen molar-refractivity contribution < 1.29 is 14.3 Å². The molecule has 24 heavy (non-hydrogen) atoms. The molecule has 1 aromatic carbocycles. The minimum atomic E-state index is -1.18. The summed E-state index contributed by atoms with van der Waals surface area (Å²) < 4.78 is 5.88. The van der Waals surface area contributed by atoms with Gasteiger partial charge in [-0.05, 0) is 25.0 Å². The maximum Gasteiger partial charge on any atom is 0.254 e. The van der Waals surface area contributed by atoms with E-state index in [1.165, 1.54) is 0 Å². The van der Waals surface area contributed by atoms with Gasteiger partial charge in [-0.1, -0.05) is 37.5 Å². The van der Waals surface area contributed by atoms with Crippen LogP contribution in [0, 0.1) is 0 Å². The molecular weight excluding hydrogens is 304 g/mol. The van der Waals surface area contributed by atoms with Gasteiger partial charge in [0.25, 0.3) is 5.91 Å². The number of nitrogens with zero attached hydrogens (tertiary/aromatic N) is 2. The Labute approximate surface area is 141 Å². The second-order valence-corrected chi connectivity index (χ2v) is 6.82. The Morgan fingerprint density at radius 1 is 1.17 bits per heavy atom. The first-order chi connectivity index (χ1) is 11.7. The summed E-state index contributed by atoms with van der Waals surface area (Å²) in [6, 6.07) is 9.79. The number of hydrogen-bond donors (Lipinski definition) is 1. The molecule has 2 heterocycles. The highest BCUT2D eigenvalue weighted by molar-refractivity contribution is 5.85. The molecular formula is C19H22N2O3. The molecule has 1 aromatic heterocycles. The second-order valence-electron chi connectivity index (χ2n) is 6.82. The van der Waals surface area contributed by atoms with Crippen LogP contribution in [0.5, 0.6) is 0 Å². The number of aromatic nitrogens is 1. The van der Waals surface area contributed by atoms with Gasteiger partial charge in [-0.3, -0.25) is 4.79 Å². The van der Waals surface area contributed by atoms with E-state index in [0.717, 1.165) is 36.3 Å². The summed E-state index contributed by atoms with van der Waals surface area (Å²) in [5.74, 6) is 1.32. The van der Waals surface area contributed by atoms with Crippen molar-refractivity contribution in [2.24, 2.45) is 0 Å². The molecule has 4 rings (SSSR count). The third kappa shape index (κ3) is 2.73. The normalized spacial score (nSPS) is 19.8. The fraction of sp³-hybridized carbons (Fsp3) is 0.474. The summed E-state index contributed by atoms with van der Waals surface area (Å²) in [6.07, 6.45) is 4.74. The molecule has 2 aliphatic rings. The van der Waals surface area contributed by atoms with Crippen LogP contribution in [0.4, 0.5) is 0 Å². The predicted molar refractivity (Wildman–Crippen MR) is 89.1 cm³/mol. The quantitative estimate of drug-likeness (QED) is 0.921. The zero-order chi connectivity index (χ0) is 16.6. The first-order valence-corrected chi connectivity index (χ1v) is 8.71. The largest absolute Gasteiger partial charge is 0.441 e. The molecule has 5 nitrogen and oxygen atoms in total. The molecule has 0 atom stereocenters. The van der Waals surface area contributed by atoms with Crippen LogP contribution in [-0.2, 0) is 17.8 Å². The van der Waals surface area contributed by atoms with Crippen LogP contribution in [0.1, 0.15) is 43.6 Å². The molecule has 2 aromatic rings. The van der Waals surface area contributed by atoms with E-state index in [2.05, 4.69) is 4.98 Å². The van der Waals surface area contributed by atoms with Gasteiger partial charge in [0.15, 0.2) is 0 Å². The Balaban J connectivity index is 1.53. The molecule has 5 heteroatoms. The summed E-state index contributed by atoms with van der Waals surface area (Å²) in [4.78, 5) is 19.1. The summed E-state index contributed by atoms with van der Waals surface area (Å²) in [6.45, 7) is 1.00. The first kappa shape index (κ1) is 15.4. The predicted octanol–water partition coefficient (Wildman–Crippen LogP) is 2.92. The molecule has 1 amide bonds. The summed E-state index contributed by atoms with van der Waals surface area (Å²) in [5.41, 5.74) is 0.574. The topological polar surface area (TPSA) is 66.6 Å². The Bertz CT molecular complexity index is 732. The zero-order valence-corrected chi connectivity index (χ0v) is 13.7. The fourth-order valence-electron chi connectivity index (χ4n) is 3.72. The number of benzene rings is 1. The molecule has 126 valence electrons. The van der Waals surface area contributed by atoms with Crippen molar-refractivity contribution in [2.45, 2.75) is 50.7 Å². The van der Waals surface area contributed by atoms with Crippen molar-refractivity contribution in [1.82, 2.24) is 9.88 Å². The highest BCUT2D eigenvalue weighted by atomic mass is 16.4. The third-order valence-electron chi connectivity index (χ3n) is 5.11. The number of oxazole rings is 1. The van der Waals surface area contributed by atoms with Crippen LogP contribution in [0.3, 0.4) is 0 Å². The Kier molecular flexibility index (Phi) is 3.88. The van der Waals surface area contributed by atoms with E-state index < -0.39 is 5.60 Å². The van der Waals surface area contributed by atoms with Crippen molar-refractivity contribution in [1.29, 1.82) is 0 Å². The maximum absolute atomic E-state index is 12.8. The van der Waals surface area contributed by atoms with Crippen molar-refractivity contribution in [3.8, 4) is 11.5 Å². The molecule has 1 saturated carbocycles. The molecule has 1 N–H and O–H groups in total. The van der Waals surface area contributed by atoms with Gasteiger partial charge in [-0.15, -0.1) is 0 Å². The number of rotatable bonds is 2. The van der Waals surface area contributed by atoms with Crippen molar-refractivity contribution in [3.63, 3.8) is 0 Å². The van der Waals surface area contributed by atoms with E-state index in [0.29, 0.717) is 38.2 Å². The number of hydrogen-bond acceptors (Lipinski definition) is 4. The monoisotopic (exact) mass is 326 g/mol. The van der Waals surface area contributed by atoms with Crippen LogP contribution < -0.4 is 0 Å². The van der Waals surface area contributed by atoms with Crippen molar-refractivity contribution >= 4 is 5.91 Å². The molecule has 0 unspecified atom stereocenters. The molecule has 0 radical (unpaired) electrons. The molecule has 1 fully saturated rings. The van der Waals surface area contributed by atoms with Crippen LogP contribution >= 0.6 is 0 Å². The van der Waals surface area contributed by atoms with Crippen LogP contribution in [0.25, 0.3) is 11.5 Å². The third-order valence-corrected chi connectivity index (χ3v) is 5.11. The minimum absolute atomic E-state index is 0.142. The van der Waals surface area contributed by atoms with E-state index in [-0.39, 0.29) is 5.91 Å². The summed E-state index contributed by atoms with van der Waals surface area (Å²) >= 11 is 0. The van der Waals surface area contributed by atoms with Crippen LogP contribution in [-0.4, -0.2) is 33.0 Å². The number of carbonyl (C=O) groups excluding carboxylic acids is 1. The van der Waals surface area contributed by atoms with Gasteiger partial charge < -0.3 is 14.4 Å². The Morgan fingerprint density at radius 2 is 1.92 bits per heavy atom. The van der Waals surface area contributed by atoms with Gasteiger partial charge in [-0.2, -0.15) is 0 Å². The van der Waals surface area contributed by atoms with Gasteiger partial charge in [0.2, 0.25) is 5.89 Å². The van der Waals surface area contributed by atoms with Gasteiger partial charge in [0.05, 0.1) is 6.54 Å². The van der Waals surface area contributed by atoms with Gasteiger partial charge >= 0.3 is 0 Å². The standard InChI is InChI=1S/C19H22N2O3/c22-18(19(23)10-5-2-6-11-19)21-12-9-16-15(13-21)20-17(24-16)14-7-3-1-4-8-14/h1,3-4,7-8,23H,2,5-6,9-13H2. The maximum atomic E-state index is 12.8. The second kappa shape index (κ2) is 6.06. The van der Waals surface area contributed by atoms with E-state index in [4.69, 9.17) is 4.42 Å². The van der Waals surface area contributed by atoms with E-state index in [1.54, 1.807) is 4.90 Å². The fourth-order valence-corrected chi connectivity index (χ4v) is 3.72. The minimum Gasteiger partial charge on any atom is -0.441 e. The van der Waals surface area contributed by atoms with Crippen LogP contribution in [0.2, 0.25) is 0 Å². The lowest BCUT2D eigenvalue weighted by molar-refractivity contribution is -0.155. The molecule has 0 spiro atoms. The SMILES string of the molecule is O=C(N1CCc2oc(-c3ccccc3)nc2C1)C1(O)CCCCC1. The molecule has 0 saturated heterocycles. The molecule has 1 aliphatic carbocycles. The zero-order valence-electron chi connectivity index (χ0n) is 13.7. The first-order valence-electron chi connectivity index (χ1n) is 8.71. The van der Waals surface area contributed by atoms with E-state index in [1.807, 2.05) is 30.3 Å². The van der Waals surface area contributed by atoms with Gasteiger partial charge in [0.1, 0.15) is 17.1 Å².